The van der Waals surface area contributed by atoms with Crippen LogP contribution >= 0.6 is 0 Å². The highest BCUT2D eigenvalue weighted by Gasteiger charge is 2.11. The molecule has 0 aliphatic heterocycles. The molecule has 0 atom stereocenters. The van der Waals surface area contributed by atoms with Crippen molar-refractivity contribution in [2.45, 2.75) is 13.8 Å². The van der Waals surface area contributed by atoms with Gasteiger partial charge in [0.05, 0.1) is 26.1 Å². The van der Waals surface area contributed by atoms with Gasteiger partial charge in [-0.05, 0) is 31.5 Å². The number of imidazole rings is 1. The molecule has 0 unspecified atom stereocenters. The number of aromatic nitrogens is 2. The number of nitrogens with zero attached hydrogens (tertiary/aromatic N) is 1. The number of aryl methyl sites for hydroxylation is 2. The van der Waals surface area contributed by atoms with Gasteiger partial charge in [-0.2, -0.15) is 0 Å². The molecule has 0 aliphatic carbocycles. The van der Waals surface area contributed by atoms with Gasteiger partial charge in [0.15, 0.2) is 11.5 Å². The quantitative estimate of drug-likeness (QED) is 0.885. The van der Waals surface area contributed by atoms with E-state index in [2.05, 4.69) is 9.97 Å². The van der Waals surface area contributed by atoms with Gasteiger partial charge in [-0.25, -0.2) is 4.98 Å². The first-order valence-electron chi connectivity index (χ1n) is 5.40. The van der Waals surface area contributed by atoms with Crippen molar-refractivity contribution in [2.24, 2.45) is 0 Å². The summed E-state index contributed by atoms with van der Waals surface area (Å²) in [5, 5.41) is 0. The Kier molecular flexibility index (Phi) is 3.04. The van der Waals surface area contributed by atoms with Gasteiger partial charge in [0, 0.05) is 5.56 Å². The summed E-state index contributed by atoms with van der Waals surface area (Å²) in [5.74, 6) is 2.36. The van der Waals surface area contributed by atoms with Crippen LogP contribution in [0.3, 0.4) is 0 Å². The molecule has 90 valence electrons. The molecule has 17 heavy (non-hydrogen) atoms. The Balaban J connectivity index is 2.55. The number of benzene rings is 1. The normalized spacial score (nSPS) is 10.4. The van der Waals surface area contributed by atoms with Crippen LogP contribution in [0.1, 0.15) is 11.4 Å². The minimum absolute atomic E-state index is 0.723. The molecule has 0 aliphatic rings. The van der Waals surface area contributed by atoms with Gasteiger partial charge >= 0.3 is 0 Å². The molecule has 4 heteroatoms. The highest BCUT2D eigenvalue weighted by atomic mass is 16.5. The van der Waals surface area contributed by atoms with Gasteiger partial charge in [-0.1, -0.05) is 0 Å². The molecule has 1 aromatic heterocycles. The molecule has 0 amide bonds. The van der Waals surface area contributed by atoms with Crippen molar-refractivity contribution < 1.29 is 9.47 Å². The summed E-state index contributed by atoms with van der Waals surface area (Å²) in [6.07, 6.45) is 1.82. The molecule has 0 saturated heterocycles. The number of methoxy groups -OCH3 is 2. The maximum Gasteiger partial charge on any atom is 0.161 e. The lowest BCUT2D eigenvalue weighted by molar-refractivity contribution is 0.355. The molecule has 1 N–H and O–H groups in total. The number of hydrogen-bond donors (Lipinski definition) is 1. The second kappa shape index (κ2) is 4.49. The van der Waals surface area contributed by atoms with Crippen molar-refractivity contribution in [3.8, 4) is 22.8 Å². The van der Waals surface area contributed by atoms with Gasteiger partial charge in [-0.3, -0.25) is 0 Å². The zero-order chi connectivity index (χ0) is 12.4. The van der Waals surface area contributed by atoms with Crippen LogP contribution in [0.25, 0.3) is 11.3 Å². The number of ether oxygens (including phenoxy) is 2. The lowest BCUT2D eigenvalue weighted by atomic mass is 10.1. The van der Waals surface area contributed by atoms with Crippen LogP contribution in [0.2, 0.25) is 0 Å². The zero-order valence-electron chi connectivity index (χ0n) is 10.5. The SMILES string of the molecule is COc1cc(C)c(-c2cnc(C)[nH]2)cc1OC. The fraction of sp³-hybridized carbons (Fsp3) is 0.308. The Bertz CT molecular complexity index is 532. The smallest absolute Gasteiger partial charge is 0.161 e. The standard InChI is InChI=1S/C13H16N2O2/c1-8-5-12(16-3)13(17-4)6-10(8)11-7-14-9(2)15-11/h5-7H,1-4H3,(H,14,15). The average molecular weight is 232 g/mol. The zero-order valence-corrected chi connectivity index (χ0v) is 10.5. The Labute approximate surface area is 101 Å². The second-order valence-electron chi connectivity index (χ2n) is 3.90. The third-order valence-corrected chi connectivity index (χ3v) is 2.72. The monoisotopic (exact) mass is 232 g/mol. The summed E-state index contributed by atoms with van der Waals surface area (Å²) in [4.78, 5) is 7.42. The van der Waals surface area contributed by atoms with Crippen molar-refractivity contribution in [2.75, 3.05) is 14.2 Å². The van der Waals surface area contributed by atoms with Crippen LogP contribution in [-0.4, -0.2) is 24.2 Å². The minimum Gasteiger partial charge on any atom is -0.493 e. The first kappa shape index (κ1) is 11.5. The van der Waals surface area contributed by atoms with E-state index in [1.54, 1.807) is 14.2 Å². The highest BCUT2D eigenvalue weighted by Crippen LogP contribution is 2.34. The Morgan fingerprint density at radius 3 is 2.24 bits per heavy atom. The fourth-order valence-corrected chi connectivity index (χ4v) is 1.83. The molecule has 4 nitrogen and oxygen atoms in total. The summed E-state index contributed by atoms with van der Waals surface area (Å²) in [6, 6.07) is 3.92. The summed E-state index contributed by atoms with van der Waals surface area (Å²) >= 11 is 0. The lowest BCUT2D eigenvalue weighted by Gasteiger charge is -2.11. The van der Waals surface area contributed by atoms with Crippen LogP contribution in [0.15, 0.2) is 18.3 Å². The molecule has 2 aromatic rings. The molecular formula is C13H16N2O2. The van der Waals surface area contributed by atoms with Gasteiger partial charge in [0.1, 0.15) is 5.82 Å². The molecular weight excluding hydrogens is 216 g/mol. The van der Waals surface area contributed by atoms with E-state index in [0.717, 1.165) is 34.1 Å². The van der Waals surface area contributed by atoms with E-state index in [-0.39, 0.29) is 0 Å². The first-order valence-corrected chi connectivity index (χ1v) is 5.40. The van der Waals surface area contributed by atoms with E-state index in [1.165, 1.54) is 0 Å². The van der Waals surface area contributed by atoms with Gasteiger partial charge in [0.2, 0.25) is 0 Å². The van der Waals surface area contributed by atoms with E-state index in [9.17, 15) is 0 Å². The summed E-state index contributed by atoms with van der Waals surface area (Å²) < 4.78 is 10.6. The van der Waals surface area contributed by atoms with Crippen LogP contribution in [0, 0.1) is 13.8 Å². The average Bonchev–Trinajstić information content (AvgIpc) is 2.75. The molecule has 1 aromatic carbocycles. The molecule has 0 fully saturated rings. The van der Waals surface area contributed by atoms with Crippen molar-refractivity contribution >= 4 is 0 Å². The molecule has 2 rings (SSSR count). The third kappa shape index (κ3) is 2.11. The lowest BCUT2D eigenvalue weighted by Crippen LogP contribution is -1.93. The van der Waals surface area contributed by atoms with Crippen LogP contribution in [0.4, 0.5) is 0 Å². The van der Waals surface area contributed by atoms with E-state index in [1.807, 2.05) is 32.2 Å². The van der Waals surface area contributed by atoms with E-state index >= 15 is 0 Å². The predicted octanol–water partition coefficient (Wildman–Crippen LogP) is 2.71. The van der Waals surface area contributed by atoms with E-state index in [4.69, 9.17) is 9.47 Å². The molecule has 0 spiro atoms. The molecule has 0 radical (unpaired) electrons. The highest BCUT2D eigenvalue weighted by molar-refractivity contribution is 5.67. The van der Waals surface area contributed by atoms with Crippen molar-refractivity contribution in [1.82, 2.24) is 9.97 Å². The van der Waals surface area contributed by atoms with Crippen molar-refractivity contribution in [1.29, 1.82) is 0 Å². The van der Waals surface area contributed by atoms with Crippen LogP contribution < -0.4 is 9.47 Å². The molecule has 0 saturated carbocycles. The van der Waals surface area contributed by atoms with Crippen LogP contribution in [0.5, 0.6) is 11.5 Å². The summed E-state index contributed by atoms with van der Waals surface area (Å²) in [7, 11) is 3.27. The Morgan fingerprint density at radius 2 is 1.71 bits per heavy atom. The van der Waals surface area contributed by atoms with Gasteiger partial charge in [-0.15, -0.1) is 0 Å². The summed E-state index contributed by atoms with van der Waals surface area (Å²) in [5.41, 5.74) is 3.18. The number of nitrogens with one attached hydrogen (secondary N) is 1. The fourth-order valence-electron chi connectivity index (χ4n) is 1.83. The topological polar surface area (TPSA) is 47.1 Å². The Morgan fingerprint density at radius 1 is 1.06 bits per heavy atom. The first-order chi connectivity index (χ1) is 8.15. The maximum atomic E-state index is 5.30. The number of H-pyrrole nitrogens is 1. The summed E-state index contributed by atoms with van der Waals surface area (Å²) in [6.45, 7) is 3.97. The second-order valence-corrected chi connectivity index (χ2v) is 3.90. The molecule has 1 heterocycles. The van der Waals surface area contributed by atoms with E-state index < -0.39 is 0 Å². The van der Waals surface area contributed by atoms with E-state index in [0.29, 0.717) is 0 Å². The van der Waals surface area contributed by atoms with Crippen molar-refractivity contribution in [3.63, 3.8) is 0 Å². The predicted molar refractivity (Wildman–Crippen MR) is 66.6 cm³/mol. The van der Waals surface area contributed by atoms with Gasteiger partial charge < -0.3 is 14.5 Å². The third-order valence-electron chi connectivity index (χ3n) is 2.72. The number of hydrogen-bond acceptors (Lipinski definition) is 3. The minimum atomic E-state index is 0.723. The van der Waals surface area contributed by atoms with Crippen LogP contribution in [-0.2, 0) is 0 Å². The molecule has 0 bridgehead atoms. The largest absolute Gasteiger partial charge is 0.493 e. The number of aromatic amines is 1. The number of rotatable bonds is 3. The maximum absolute atomic E-state index is 5.30. The van der Waals surface area contributed by atoms with Crippen molar-refractivity contribution in [3.05, 3.63) is 29.7 Å². The Hall–Kier alpha value is -1.97. The van der Waals surface area contributed by atoms with Gasteiger partial charge in [0.25, 0.3) is 0 Å².